The number of rotatable bonds is 3. The summed E-state index contributed by atoms with van der Waals surface area (Å²) >= 11 is 0. The van der Waals surface area contributed by atoms with E-state index >= 15 is 0 Å². The van der Waals surface area contributed by atoms with E-state index in [0.717, 1.165) is 5.69 Å². The van der Waals surface area contributed by atoms with Gasteiger partial charge in [-0.15, -0.1) is 13.2 Å². The zero-order valence-electron chi connectivity index (χ0n) is 9.94. The van der Waals surface area contributed by atoms with E-state index in [9.17, 15) is 13.2 Å². The number of halogens is 3. The molecule has 2 rings (SSSR count). The second kappa shape index (κ2) is 5.17. The second-order valence-corrected chi connectivity index (χ2v) is 3.78. The van der Waals surface area contributed by atoms with Crippen LogP contribution in [0.3, 0.4) is 0 Å². The van der Waals surface area contributed by atoms with Gasteiger partial charge in [0.25, 0.3) is 0 Å². The lowest BCUT2D eigenvalue weighted by molar-refractivity contribution is -0.274. The molecule has 100 valence electrons. The van der Waals surface area contributed by atoms with Crippen LogP contribution in [0.5, 0.6) is 5.75 Å². The van der Waals surface area contributed by atoms with E-state index in [4.69, 9.17) is 4.42 Å². The highest BCUT2D eigenvalue weighted by molar-refractivity contribution is 5.66. The number of nitrogens with zero attached hydrogens (tertiary/aromatic N) is 1. The Labute approximate surface area is 107 Å². The average molecular weight is 269 g/mol. The second-order valence-electron chi connectivity index (χ2n) is 3.78. The average Bonchev–Trinajstić information content (AvgIpc) is 2.72. The van der Waals surface area contributed by atoms with Gasteiger partial charge in [0.05, 0.1) is 5.69 Å². The predicted octanol–water partition coefficient (Wildman–Crippen LogP) is 4.05. The van der Waals surface area contributed by atoms with Crippen molar-refractivity contribution in [2.75, 3.05) is 0 Å². The van der Waals surface area contributed by atoms with Crippen LogP contribution in [-0.4, -0.2) is 11.3 Å². The zero-order chi connectivity index (χ0) is 13.9. The zero-order valence-corrected chi connectivity index (χ0v) is 9.94. The molecule has 1 aromatic heterocycles. The van der Waals surface area contributed by atoms with Crippen molar-refractivity contribution in [3.63, 3.8) is 0 Å². The number of aromatic nitrogens is 1. The van der Waals surface area contributed by atoms with Crippen molar-refractivity contribution in [1.82, 2.24) is 4.98 Å². The van der Waals surface area contributed by atoms with Gasteiger partial charge in [0.1, 0.15) is 12.0 Å². The Kier molecular flexibility index (Phi) is 3.59. The number of ether oxygens (including phenoxy) is 1. The first-order valence-corrected chi connectivity index (χ1v) is 5.38. The van der Waals surface area contributed by atoms with Crippen molar-refractivity contribution in [2.45, 2.75) is 13.3 Å². The quantitative estimate of drug-likeness (QED) is 0.843. The Morgan fingerprint density at radius 3 is 2.37 bits per heavy atom. The predicted molar refractivity (Wildman–Crippen MR) is 63.3 cm³/mol. The van der Waals surface area contributed by atoms with E-state index < -0.39 is 6.36 Å². The molecule has 0 amide bonds. The van der Waals surface area contributed by atoms with E-state index in [-0.39, 0.29) is 5.75 Å². The minimum atomic E-state index is -4.67. The topological polar surface area (TPSA) is 35.3 Å². The maximum Gasteiger partial charge on any atom is 0.573 e. The van der Waals surface area contributed by atoms with Crippen molar-refractivity contribution >= 4 is 12.2 Å². The lowest BCUT2D eigenvalue weighted by atomic mass is 10.2. The Bertz CT molecular complexity index is 570. The van der Waals surface area contributed by atoms with Gasteiger partial charge in [0, 0.05) is 6.08 Å². The highest BCUT2D eigenvalue weighted by atomic mass is 19.4. The van der Waals surface area contributed by atoms with Crippen molar-refractivity contribution < 1.29 is 22.3 Å². The molecule has 0 aliphatic carbocycles. The van der Waals surface area contributed by atoms with E-state index in [0.29, 0.717) is 11.5 Å². The number of hydrogen-bond donors (Lipinski definition) is 0. The summed E-state index contributed by atoms with van der Waals surface area (Å²) in [6.07, 6.45) is 0.155. The molecule has 0 bridgehead atoms. The Hall–Kier alpha value is -2.24. The minimum Gasteiger partial charge on any atom is -0.445 e. The number of benzene rings is 1. The molecule has 0 fully saturated rings. The number of oxazole rings is 1. The first-order chi connectivity index (χ1) is 8.92. The fourth-order valence-electron chi connectivity index (χ4n) is 1.40. The molecule has 19 heavy (non-hydrogen) atoms. The maximum atomic E-state index is 12.0. The number of alkyl halides is 3. The summed E-state index contributed by atoms with van der Waals surface area (Å²) in [6.45, 7) is 1.80. The van der Waals surface area contributed by atoms with E-state index in [1.807, 2.05) is 0 Å². The lowest BCUT2D eigenvalue weighted by Crippen LogP contribution is -2.16. The first-order valence-electron chi connectivity index (χ1n) is 5.38. The highest BCUT2D eigenvalue weighted by Crippen LogP contribution is 2.23. The molecule has 0 aliphatic rings. The van der Waals surface area contributed by atoms with Crippen LogP contribution < -0.4 is 4.74 Å². The fourth-order valence-corrected chi connectivity index (χ4v) is 1.40. The van der Waals surface area contributed by atoms with Gasteiger partial charge in [-0.3, -0.25) is 0 Å². The molecule has 0 saturated carbocycles. The summed E-state index contributed by atoms with van der Waals surface area (Å²) in [4.78, 5) is 4.06. The Morgan fingerprint density at radius 1 is 1.16 bits per heavy atom. The van der Waals surface area contributed by atoms with Gasteiger partial charge in [0.2, 0.25) is 5.89 Å². The summed E-state index contributed by atoms with van der Waals surface area (Å²) < 4.78 is 44.7. The Morgan fingerprint density at radius 2 is 1.84 bits per heavy atom. The minimum absolute atomic E-state index is 0.253. The largest absolute Gasteiger partial charge is 0.573 e. The van der Waals surface area contributed by atoms with Crippen LogP contribution in [0.1, 0.15) is 17.1 Å². The number of aryl methyl sites for hydroxylation is 1. The molecule has 0 N–H and O–H groups in total. The van der Waals surface area contributed by atoms with Crippen LogP contribution >= 0.6 is 0 Å². The summed E-state index contributed by atoms with van der Waals surface area (Å²) in [5.41, 5.74) is 1.47. The molecule has 3 nitrogen and oxygen atoms in total. The molecule has 0 unspecified atom stereocenters. The molecule has 1 heterocycles. The third kappa shape index (κ3) is 4.17. The Balaban J connectivity index is 2.04. The van der Waals surface area contributed by atoms with Gasteiger partial charge in [-0.2, -0.15) is 0 Å². The lowest BCUT2D eigenvalue weighted by Gasteiger charge is -2.08. The standard InChI is InChI=1S/C13H10F3NO2/c1-9-8-18-12(17-9)7-4-10-2-5-11(6-3-10)19-13(14,15)16/h2-8H,1H3. The molecule has 0 radical (unpaired) electrons. The third-order valence-corrected chi connectivity index (χ3v) is 2.17. The van der Waals surface area contributed by atoms with Crippen LogP contribution in [-0.2, 0) is 0 Å². The van der Waals surface area contributed by atoms with Crippen LogP contribution in [0.15, 0.2) is 34.9 Å². The van der Waals surface area contributed by atoms with E-state index in [1.54, 1.807) is 19.1 Å². The molecule has 1 aromatic carbocycles. The summed E-state index contributed by atoms with van der Waals surface area (Å²) in [7, 11) is 0. The molecule has 0 spiro atoms. The fraction of sp³-hybridized carbons (Fsp3) is 0.154. The van der Waals surface area contributed by atoms with Gasteiger partial charge >= 0.3 is 6.36 Å². The molecule has 0 saturated heterocycles. The number of hydrogen-bond acceptors (Lipinski definition) is 3. The maximum absolute atomic E-state index is 12.0. The van der Waals surface area contributed by atoms with Crippen molar-refractivity contribution in [3.05, 3.63) is 47.7 Å². The van der Waals surface area contributed by atoms with Gasteiger partial charge in [0.15, 0.2) is 0 Å². The van der Waals surface area contributed by atoms with E-state index in [2.05, 4.69) is 9.72 Å². The molecule has 0 atom stereocenters. The SMILES string of the molecule is Cc1coc(C=Cc2ccc(OC(F)(F)F)cc2)n1. The first kappa shape index (κ1) is 13.2. The molecular weight excluding hydrogens is 259 g/mol. The normalized spacial score (nSPS) is 12.0. The van der Waals surface area contributed by atoms with Gasteiger partial charge in [-0.1, -0.05) is 12.1 Å². The summed E-state index contributed by atoms with van der Waals surface area (Å²) in [6, 6.07) is 5.50. The van der Waals surface area contributed by atoms with Crippen LogP contribution in [0.2, 0.25) is 0 Å². The molecular formula is C13H10F3NO2. The van der Waals surface area contributed by atoms with Crippen molar-refractivity contribution in [2.24, 2.45) is 0 Å². The van der Waals surface area contributed by atoms with Crippen LogP contribution in [0.4, 0.5) is 13.2 Å². The molecule has 0 aliphatic heterocycles. The van der Waals surface area contributed by atoms with Gasteiger partial charge in [-0.25, -0.2) is 4.98 Å². The highest BCUT2D eigenvalue weighted by Gasteiger charge is 2.30. The van der Waals surface area contributed by atoms with Gasteiger partial charge < -0.3 is 9.15 Å². The van der Waals surface area contributed by atoms with E-state index in [1.165, 1.54) is 30.5 Å². The molecule has 6 heteroatoms. The third-order valence-electron chi connectivity index (χ3n) is 2.17. The monoisotopic (exact) mass is 269 g/mol. The smallest absolute Gasteiger partial charge is 0.445 e. The van der Waals surface area contributed by atoms with Crippen LogP contribution in [0, 0.1) is 6.92 Å². The van der Waals surface area contributed by atoms with Crippen LogP contribution in [0.25, 0.3) is 12.2 Å². The summed E-state index contributed by atoms with van der Waals surface area (Å²) in [5, 5.41) is 0. The molecule has 2 aromatic rings. The summed E-state index contributed by atoms with van der Waals surface area (Å²) in [5.74, 6) is 0.185. The van der Waals surface area contributed by atoms with Crippen molar-refractivity contribution in [1.29, 1.82) is 0 Å². The van der Waals surface area contributed by atoms with Crippen molar-refractivity contribution in [3.8, 4) is 5.75 Å². The van der Waals surface area contributed by atoms with Gasteiger partial charge in [-0.05, 0) is 30.7 Å².